The number of aliphatic hydroxyl groups is 1. The quantitative estimate of drug-likeness (QED) is 0.121. The van der Waals surface area contributed by atoms with Crippen LogP contribution in [0, 0.1) is 17.0 Å². The number of halogens is 1. The molecule has 1 atom stereocenters. The molecular formula is C23H14ClN3O5S2. The predicted octanol–water partition coefficient (Wildman–Crippen LogP) is 5.85. The van der Waals surface area contributed by atoms with Gasteiger partial charge in [0.2, 0.25) is 0 Å². The Kier molecular flexibility index (Phi) is 5.43. The van der Waals surface area contributed by atoms with Crippen molar-refractivity contribution in [3.63, 3.8) is 0 Å². The molecule has 1 unspecified atom stereocenters. The molecule has 11 heteroatoms. The summed E-state index contributed by atoms with van der Waals surface area (Å²) >= 11 is 8.78. The maximum Gasteiger partial charge on any atom is 0.301 e. The second-order valence-corrected chi connectivity index (χ2v) is 9.95. The van der Waals surface area contributed by atoms with Gasteiger partial charge in [-0.15, -0.1) is 11.3 Å². The van der Waals surface area contributed by atoms with Gasteiger partial charge in [-0.1, -0.05) is 41.1 Å². The summed E-state index contributed by atoms with van der Waals surface area (Å²) in [6.45, 7) is 1.86. The smallest absolute Gasteiger partial charge is 0.301 e. The molecular weight excluding hydrogens is 498 g/mol. The topological polar surface area (TPSA) is 114 Å². The lowest BCUT2D eigenvalue weighted by atomic mass is 9.99. The molecule has 2 aromatic heterocycles. The summed E-state index contributed by atoms with van der Waals surface area (Å²) in [5, 5.41) is 24.9. The number of thiophene rings is 1. The standard InChI is InChI=1S/C23H14ClN3O5S2/c1-11-8-17-15(10-14(11)24)25-23(34-17)26-19(16-6-3-7-33-16)18(21(29)22(26)30)20(28)12-4-2-5-13(9-12)27(31)32/h2-10,19,28H,1H3/b20-18+. The van der Waals surface area contributed by atoms with E-state index in [1.807, 2.05) is 13.0 Å². The van der Waals surface area contributed by atoms with Crippen LogP contribution in [0.4, 0.5) is 10.8 Å². The molecule has 2 aromatic carbocycles. The van der Waals surface area contributed by atoms with Crippen LogP contribution in [0.25, 0.3) is 16.0 Å². The predicted molar refractivity (Wildman–Crippen MR) is 132 cm³/mol. The molecule has 0 saturated carbocycles. The summed E-state index contributed by atoms with van der Waals surface area (Å²) in [7, 11) is 0. The Labute approximate surface area is 205 Å². The Bertz CT molecular complexity index is 1490. The number of amides is 1. The third-order valence-corrected chi connectivity index (χ3v) is 7.80. The number of aliphatic hydroxyl groups excluding tert-OH is 1. The Balaban J connectivity index is 1.71. The highest BCUT2D eigenvalue weighted by Crippen LogP contribution is 2.45. The lowest BCUT2D eigenvalue weighted by Gasteiger charge is -2.21. The SMILES string of the molecule is Cc1cc2sc(N3C(=O)C(=O)/C(=C(/O)c4cccc([N+](=O)[O-])c4)C3c3cccs3)nc2cc1Cl. The van der Waals surface area contributed by atoms with Crippen LogP contribution in [0.5, 0.6) is 0 Å². The molecule has 1 saturated heterocycles. The van der Waals surface area contributed by atoms with Gasteiger partial charge in [0.05, 0.1) is 20.7 Å². The van der Waals surface area contributed by atoms with E-state index in [9.17, 15) is 24.8 Å². The molecule has 1 aliphatic rings. The maximum absolute atomic E-state index is 13.2. The van der Waals surface area contributed by atoms with Gasteiger partial charge < -0.3 is 5.11 Å². The average Bonchev–Trinajstić information content (AvgIpc) is 3.53. The number of benzene rings is 2. The zero-order valence-corrected chi connectivity index (χ0v) is 19.8. The van der Waals surface area contributed by atoms with Crippen LogP contribution in [0.1, 0.15) is 22.0 Å². The number of aryl methyl sites for hydroxylation is 1. The van der Waals surface area contributed by atoms with Crippen molar-refractivity contribution in [2.24, 2.45) is 0 Å². The number of carbonyl (C=O) groups excluding carboxylic acids is 2. The molecule has 5 rings (SSSR count). The van der Waals surface area contributed by atoms with Crippen LogP contribution in [0.15, 0.2) is 59.5 Å². The number of fused-ring (bicyclic) bond motifs is 1. The molecule has 170 valence electrons. The number of aromatic nitrogens is 1. The highest BCUT2D eigenvalue weighted by molar-refractivity contribution is 7.22. The van der Waals surface area contributed by atoms with Gasteiger partial charge in [-0.05, 0) is 36.1 Å². The maximum atomic E-state index is 13.2. The van der Waals surface area contributed by atoms with Gasteiger partial charge in [0.1, 0.15) is 11.8 Å². The summed E-state index contributed by atoms with van der Waals surface area (Å²) in [5.74, 6) is -2.22. The number of Topliss-reactive ketones (excluding diaryl/α,β-unsaturated/α-hetero) is 1. The van der Waals surface area contributed by atoms with Crippen LogP contribution >= 0.6 is 34.3 Å². The van der Waals surface area contributed by atoms with E-state index in [1.165, 1.54) is 45.8 Å². The van der Waals surface area contributed by atoms with E-state index in [0.29, 0.717) is 15.4 Å². The number of nitrogens with zero attached hydrogens (tertiary/aromatic N) is 3. The molecule has 0 radical (unpaired) electrons. The van der Waals surface area contributed by atoms with Crippen LogP contribution in [0.3, 0.4) is 0 Å². The largest absolute Gasteiger partial charge is 0.507 e. The van der Waals surface area contributed by atoms with Gasteiger partial charge in [0.25, 0.3) is 11.5 Å². The first-order valence-corrected chi connectivity index (χ1v) is 12.0. The van der Waals surface area contributed by atoms with Crippen molar-refractivity contribution in [1.82, 2.24) is 4.98 Å². The fourth-order valence-corrected chi connectivity index (χ4v) is 5.86. The molecule has 1 aliphatic heterocycles. The monoisotopic (exact) mass is 511 g/mol. The molecule has 0 aliphatic carbocycles. The fourth-order valence-electron chi connectivity index (χ4n) is 3.81. The number of carbonyl (C=O) groups is 2. The first kappa shape index (κ1) is 22.2. The summed E-state index contributed by atoms with van der Waals surface area (Å²) in [5.41, 5.74) is 1.11. The van der Waals surface area contributed by atoms with Crippen molar-refractivity contribution in [3.05, 3.63) is 90.6 Å². The number of hydrogen-bond acceptors (Lipinski definition) is 8. The van der Waals surface area contributed by atoms with Crippen molar-refractivity contribution >= 4 is 72.8 Å². The van der Waals surface area contributed by atoms with E-state index in [0.717, 1.165) is 16.3 Å². The molecule has 1 amide bonds. The van der Waals surface area contributed by atoms with Crippen LogP contribution in [0.2, 0.25) is 5.02 Å². The highest BCUT2D eigenvalue weighted by Gasteiger charge is 2.48. The van der Waals surface area contributed by atoms with Gasteiger partial charge in [-0.25, -0.2) is 4.98 Å². The average molecular weight is 512 g/mol. The van der Waals surface area contributed by atoms with E-state index in [4.69, 9.17) is 11.6 Å². The van der Waals surface area contributed by atoms with Gasteiger partial charge in [-0.3, -0.25) is 24.6 Å². The Morgan fingerprint density at radius 3 is 2.71 bits per heavy atom. The van der Waals surface area contributed by atoms with Crippen LogP contribution < -0.4 is 4.90 Å². The second-order valence-electron chi connectivity index (χ2n) is 7.56. The van der Waals surface area contributed by atoms with Crippen molar-refractivity contribution in [2.45, 2.75) is 13.0 Å². The first-order chi connectivity index (χ1) is 16.3. The van der Waals surface area contributed by atoms with Crippen LogP contribution in [-0.4, -0.2) is 26.7 Å². The number of anilines is 1. The van der Waals surface area contributed by atoms with Gasteiger partial charge in [-0.2, -0.15) is 0 Å². The van der Waals surface area contributed by atoms with Crippen molar-refractivity contribution in [2.75, 3.05) is 4.90 Å². The summed E-state index contributed by atoms with van der Waals surface area (Å²) in [6, 6.07) is 11.4. The minimum atomic E-state index is -0.934. The normalized spacial score (nSPS) is 17.6. The van der Waals surface area contributed by atoms with E-state index >= 15 is 0 Å². The third-order valence-electron chi connectivity index (χ3n) is 5.45. The Hall–Kier alpha value is -3.60. The van der Waals surface area contributed by atoms with E-state index in [2.05, 4.69) is 4.98 Å². The molecule has 8 nitrogen and oxygen atoms in total. The van der Waals surface area contributed by atoms with Crippen molar-refractivity contribution in [1.29, 1.82) is 0 Å². The molecule has 1 fully saturated rings. The number of rotatable bonds is 4. The highest BCUT2D eigenvalue weighted by atomic mass is 35.5. The molecule has 0 spiro atoms. The third kappa shape index (κ3) is 3.56. The van der Waals surface area contributed by atoms with Gasteiger partial charge in [0.15, 0.2) is 5.13 Å². The van der Waals surface area contributed by atoms with E-state index in [-0.39, 0.29) is 22.0 Å². The number of nitro groups is 1. The van der Waals surface area contributed by atoms with E-state index < -0.39 is 28.4 Å². The van der Waals surface area contributed by atoms with Gasteiger partial charge >= 0.3 is 5.91 Å². The van der Waals surface area contributed by atoms with Crippen molar-refractivity contribution < 1.29 is 19.6 Å². The summed E-state index contributed by atoms with van der Waals surface area (Å²) in [6.07, 6.45) is 0. The van der Waals surface area contributed by atoms with Gasteiger partial charge in [0, 0.05) is 27.6 Å². The molecule has 0 bridgehead atoms. The van der Waals surface area contributed by atoms with Crippen molar-refractivity contribution in [3.8, 4) is 0 Å². The zero-order valence-electron chi connectivity index (χ0n) is 17.4. The summed E-state index contributed by atoms with van der Waals surface area (Å²) < 4.78 is 0.794. The number of hydrogen-bond donors (Lipinski definition) is 1. The first-order valence-electron chi connectivity index (χ1n) is 9.92. The lowest BCUT2D eigenvalue weighted by molar-refractivity contribution is -0.384. The molecule has 34 heavy (non-hydrogen) atoms. The Morgan fingerprint density at radius 2 is 2.00 bits per heavy atom. The zero-order chi connectivity index (χ0) is 24.1. The van der Waals surface area contributed by atoms with Crippen LogP contribution in [-0.2, 0) is 9.59 Å². The Morgan fingerprint density at radius 1 is 1.21 bits per heavy atom. The number of nitro benzene ring substituents is 1. The lowest BCUT2D eigenvalue weighted by Crippen LogP contribution is -2.28. The number of non-ortho nitro benzene ring substituents is 1. The minimum Gasteiger partial charge on any atom is -0.507 e. The molecule has 3 heterocycles. The molecule has 1 N–H and O–H groups in total. The second kappa shape index (κ2) is 8.32. The van der Waals surface area contributed by atoms with E-state index in [1.54, 1.807) is 23.6 Å². The fraction of sp³-hybridized carbons (Fsp3) is 0.0870. The summed E-state index contributed by atoms with van der Waals surface area (Å²) in [4.78, 5) is 43.4. The molecule has 4 aromatic rings. The number of thiazole rings is 1. The minimum absolute atomic E-state index is 0.0699. The number of ketones is 1.